The maximum absolute atomic E-state index is 13.8. The summed E-state index contributed by atoms with van der Waals surface area (Å²) in [7, 11) is 0. The predicted molar refractivity (Wildman–Crippen MR) is 85.0 cm³/mol. The van der Waals surface area contributed by atoms with Crippen LogP contribution in [0.25, 0.3) is 0 Å². The topological polar surface area (TPSA) is 12.0 Å². The van der Waals surface area contributed by atoms with Gasteiger partial charge in [-0.1, -0.05) is 33.6 Å². The summed E-state index contributed by atoms with van der Waals surface area (Å²) in [5.74, 6) is -0.292. The number of benzene rings is 2. The van der Waals surface area contributed by atoms with Gasteiger partial charge in [-0.25, -0.2) is 4.39 Å². The first-order valence-electron chi connectivity index (χ1n) is 6.61. The Balaban J connectivity index is 1.75. The van der Waals surface area contributed by atoms with Crippen molar-refractivity contribution < 1.29 is 4.39 Å². The average Bonchev–Trinajstić information content (AvgIpc) is 2.42. The molecular formula is C16H14BrClFN. The van der Waals surface area contributed by atoms with E-state index in [-0.39, 0.29) is 11.9 Å². The number of nitrogens with one attached hydrogen (secondary N) is 1. The molecule has 104 valence electrons. The van der Waals surface area contributed by atoms with Crippen molar-refractivity contribution in [2.45, 2.75) is 25.3 Å². The van der Waals surface area contributed by atoms with Crippen LogP contribution in [0.15, 0.2) is 40.9 Å². The van der Waals surface area contributed by atoms with Crippen LogP contribution in [-0.4, -0.2) is 6.04 Å². The standard InChI is InChI=1S/C16H14BrClFN/c17-12-3-1-11-8-14(5-2-10(11)7-12)20-16-6-4-13(18)9-15(16)19/h1,3-4,6-7,9,14,20H,2,5,8H2. The van der Waals surface area contributed by atoms with E-state index in [0.717, 1.165) is 23.7 Å². The maximum Gasteiger partial charge on any atom is 0.147 e. The Kier molecular flexibility index (Phi) is 3.99. The molecule has 0 heterocycles. The molecule has 1 atom stereocenters. The molecule has 4 heteroatoms. The third-order valence-electron chi connectivity index (χ3n) is 3.69. The van der Waals surface area contributed by atoms with Gasteiger partial charge in [0, 0.05) is 15.5 Å². The number of aryl methyl sites for hydroxylation is 1. The molecular weight excluding hydrogens is 341 g/mol. The van der Waals surface area contributed by atoms with Gasteiger partial charge in [-0.3, -0.25) is 0 Å². The highest BCUT2D eigenvalue weighted by molar-refractivity contribution is 9.10. The Morgan fingerprint density at radius 3 is 2.80 bits per heavy atom. The zero-order chi connectivity index (χ0) is 14.1. The average molecular weight is 355 g/mol. The van der Waals surface area contributed by atoms with Gasteiger partial charge in [-0.15, -0.1) is 0 Å². The van der Waals surface area contributed by atoms with Crippen LogP contribution >= 0.6 is 27.5 Å². The minimum atomic E-state index is -0.292. The zero-order valence-corrected chi connectivity index (χ0v) is 13.1. The second-order valence-electron chi connectivity index (χ2n) is 5.12. The fraction of sp³-hybridized carbons (Fsp3) is 0.250. The molecule has 0 saturated carbocycles. The quantitative estimate of drug-likeness (QED) is 0.780. The molecule has 0 aromatic heterocycles. The molecule has 1 aliphatic carbocycles. The summed E-state index contributed by atoms with van der Waals surface area (Å²) < 4.78 is 14.9. The van der Waals surface area contributed by atoms with E-state index in [1.165, 1.54) is 17.2 Å². The fourth-order valence-corrected chi connectivity index (χ4v) is 3.24. The second kappa shape index (κ2) is 5.74. The molecule has 0 aliphatic heterocycles. The zero-order valence-electron chi connectivity index (χ0n) is 10.8. The Morgan fingerprint density at radius 1 is 1.15 bits per heavy atom. The van der Waals surface area contributed by atoms with Crippen LogP contribution in [0.2, 0.25) is 5.02 Å². The van der Waals surface area contributed by atoms with E-state index in [1.807, 2.05) is 0 Å². The minimum absolute atomic E-state index is 0.263. The van der Waals surface area contributed by atoms with E-state index in [9.17, 15) is 4.39 Å². The summed E-state index contributed by atoms with van der Waals surface area (Å²) in [5, 5.41) is 3.71. The van der Waals surface area contributed by atoms with Gasteiger partial charge in [-0.05, 0) is 60.7 Å². The first-order chi connectivity index (χ1) is 9.61. The Morgan fingerprint density at radius 2 is 2.00 bits per heavy atom. The smallest absolute Gasteiger partial charge is 0.147 e. The van der Waals surface area contributed by atoms with Crippen LogP contribution in [0.4, 0.5) is 10.1 Å². The molecule has 3 rings (SSSR count). The monoisotopic (exact) mass is 353 g/mol. The molecule has 0 spiro atoms. The second-order valence-corrected chi connectivity index (χ2v) is 6.47. The summed E-state index contributed by atoms with van der Waals surface area (Å²) in [4.78, 5) is 0. The van der Waals surface area contributed by atoms with Crippen molar-refractivity contribution in [1.82, 2.24) is 0 Å². The molecule has 2 aromatic rings. The first-order valence-corrected chi connectivity index (χ1v) is 7.78. The minimum Gasteiger partial charge on any atom is -0.380 e. The van der Waals surface area contributed by atoms with E-state index in [0.29, 0.717) is 10.7 Å². The summed E-state index contributed by atoms with van der Waals surface area (Å²) in [6, 6.07) is 11.4. The molecule has 0 saturated heterocycles. The largest absolute Gasteiger partial charge is 0.380 e. The highest BCUT2D eigenvalue weighted by atomic mass is 79.9. The lowest BCUT2D eigenvalue weighted by Gasteiger charge is -2.26. The SMILES string of the molecule is Fc1cc(Cl)ccc1NC1CCc2cc(Br)ccc2C1. The molecule has 20 heavy (non-hydrogen) atoms. The third-order valence-corrected chi connectivity index (χ3v) is 4.42. The molecule has 1 aliphatic rings. The number of fused-ring (bicyclic) bond motifs is 1. The lowest BCUT2D eigenvalue weighted by molar-refractivity contribution is 0.592. The van der Waals surface area contributed by atoms with Gasteiger partial charge >= 0.3 is 0 Å². The van der Waals surface area contributed by atoms with Crippen LogP contribution in [0.5, 0.6) is 0 Å². The van der Waals surface area contributed by atoms with Gasteiger partial charge in [0.25, 0.3) is 0 Å². The number of rotatable bonds is 2. The van der Waals surface area contributed by atoms with Crippen LogP contribution in [0, 0.1) is 5.82 Å². The Bertz CT molecular complexity index is 644. The lowest BCUT2D eigenvalue weighted by Crippen LogP contribution is -2.27. The van der Waals surface area contributed by atoms with Crippen LogP contribution in [-0.2, 0) is 12.8 Å². The van der Waals surface area contributed by atoms with E-state index < -0.39 is 0 Å². The molecule has 0 radical (unpaired) electrons. The molecule has 0 amide bonds. The lowest BCUT2D eigenvalue weighted by atomic mass is 9.88. The van der Waals surface area contributed by atoms with Crippen molar-refractivity contribution in [1.29, 1.82) is 0 Å². The molecule has 2 aromatic carbocycles. The number of anilines is 1. The first kappa shape index (κ1) is 13.9. The van der Waals surface area contributed by atoms with Crippen molar-refractivity contribution in [2.24, 2.45) is 0 Å². The van der Waals surface area contributed by atoms with Gasteiger partial charge in [0.2, 0.25) is 0 Å². The van der Waals surface area contributed by atoms with Gasteiger partial charge in [0.05, 0.1) is 5.69 Å². The van der Waals surface area contributed by atoms with Crippen molar-refractivity contribution in [3.05, 3.63) is 62.8 Å². The van der Waals surface area contributed by atoms with Crippen LogP contribution < -0.4 is 5.32 Å². The van der Waals surface area contributed by atoms with Crippen molar-refractivity contribution >= 4 is 33.2 Å². The third kappa shape index (κ3) is 2.99. The Labute approximate surface area is 131 Å². The fourth-order valence-electron chi connectivity index (χ4n) is 2.67. The summed E-state index contributed by atoms with van der Waals surface area (Å²) >= 11 is 9.27. The van der Waals surface area contributed by atoms with E-state index in [4.69, 9.17) is 11.6 Å². The summed E-state index contributed by atoms with van der Waals surface area (Å²) in [6.45, 7) is 0. The highest BCUT2D eigenvalue weighted by Gasteiger charge is 2.19. The van der Waals surface area contributed by atoms with Crippen molar-refractivity contribution in [2.75, 3.05) is 5.32 Å². The van der Waals surface area contributed by atoms with Gasteiger partial charge < -0.3 is 5.32 Å². The number of halogens is 3. The molecule has 0 bridgehead atoms. The summed E-state index contributed by atoms with van der Waals surface area (Å²) in [5.41, 5.74) is 3.25. The van der Waals surface area contributed by atoms with Crippen molar-refractivity contribution in [3.8, 4) is 0 Å². The molecule has 1 N–H and O–H groups in total. The predicted octanol–water partition coefficient (Wildman–Crippen LogP) is 5.21. The van der Waals surface area contributed by atoms with Gasteiger partial charge in [0.15, 0.2) is 0 Å². The Hall–Kier alpha value is -1.06. The van der Waals surface area contributed by atoms with E-state index in [2.05, 4.69) is 39.4 Å². The van der Waals surface area contributed by atoms with Crippen LogP contribution in [0.1, 0.15) is 17.5 Å². The van der Waals surface area contributed by atoms with Crippen LogP contribution in [0.3, 0.4) is 0 Å². The van der Waals surface area contributed by atoms with E-state index >= 15 is 0 Å². The molecule has 1 nitrogen and oxygen atoms in total. The highest BCUT2D eigenvalue weighted by Crippen LogP contribution is 2.27. The van der Waals surface area contributed by atoms with Gasteiger partial charge in [0.1, 0.15) is 5.82 Å². The molecule has 0 fully saturated rings. The summed E-state index contributed by atoms with van der Waals surface area (Å²) in [6.07, 6.45) is 2.94. The number of hydrogen-bond acceptors (Lipinski definition) is 1. The maximum atomic E-state index is 13.8. The molecule has 1 unspecified atom stereocenters. The van der Waals surface area contributed by atoms with Gasteiger partial charge in [-0.2, -0.15) is 0 Å². The number of hydrogen-bond donors (Lipinski definition) is 1. The van der Waals surface area contributed by atoms with Crippen molar-refractivity contribution in [3.63, 3.8) is 0 Å². The normalized spacial score (nSPS) is 17.6. The van der Waals surface area contributed by atoms with E-state index in [1.54, 1.807) is 12.1 Å².